The third-order valence-corrected chi connectivity index (χ3v) is 3.94. The largest absolute Gasteiger partial charge is 0.459 e. The monoisotopic (exact) mass is 334 g/mol. The number of rotatable bonds is 8. The highest BCUT2D eigenvalue weighted by atomic mass is 16.5. The lowest BCUT2D eigenvalue weighted by Gasteiger charge is -2.23. The second kappa shape index (κ2) is 9.02. The molecule has 1 N–H and O–H groups in total. The summed E-state index contributed by atoms with van der Waals surface area (Å²) in [5.41, 5.74) is 0.887. The van der Waals surface area contributed by atoms with Crippen molar-refractivity contribution >= 4 is 18.3 Å². The lowest BCUT2D eigenvalue weighted by molar-refractivity contribution is -0.154. The Kier molecular flexibility index (Phi) is 6.74. The molecule has 2 amide bonds. The molecule has 1 aliphatic rings. The van der Waals surface area contributed by atoms with Crippen LogP contribution < -0.4 is 5.32 Å². The van der Waals surface area contributed by atoms with E-state index in [1.54, 1.807) is 7.11 Å². The van der Waals surface area contributed by atoms with Crippen molar-refractivity contribution in [2.75, 3.05) is 26.8 Å². The van der Waals surface area contributed by atoms with Gasteiger partial charge >= 0.3 is 5.97 Å². The molecule has 1 aliphatic heterocycles. The van der Waals surface area contributed by atoms with Crippen LogP contribution >= 0.6 is 0 Å². The molecule has 2 unspecified atom stereocenters. The fourth-order valence-corrected chi connectivity index (χ4v) is 2.83. The first-order valence-electron chi connectivity index (χ1n) is 7.81. The average Bonchev–Trinajstić information content (AvgIpc) is 3.03. The maximum Gasteiger partial charge on any atom is 0.329 e. The van der Waals surface area contributed by atoms with Crippen molar-refractivity contribution < 1.29 is 23.9 Å². The fraction of sp³-hybridized carbons (Fsp3) is 0.471. The van der Waals surface area contributed by atoms with Gasteiger partial charge in [-0.2, -0.15) is 0 Å². The summed E-state index contributed by atoms with van der Waals surface area (Å²) in [5.74, 6) is -0.663. The van der Waals surface area contributed by atoms with Crippen molar-refractivity contribution in [1.82, 2.24) is 10.2 Å². The molecule has 0 spiro atoms. The molecule has 1 aromatic rings. The van der Waals surface area contributed by atoms with Crippen LogP contribution in [0.1, 0.15) is 12.0 Å². The van der Waals surface area contributed by atoms with Gasteiger partial charge in [-0.05, 0) is 12.0 Å². The zero-order valence-corrected chi connectivity index (χ0v) is 13.6. The zero-order chi connectivity index (χ0) is 17.4. The molecule has 0 aromatic heterocycles. The summed E-state index contributed by atoms with van der Waals surface area (Å²) in [6.07, 6.45) is 0.956. The minimum Gasteiger partial charge on any atom is -0.459 e. The number of nitrogens with zero attached hydrogens (tertiary/aromatic N) is 1. The van der Waals surface area contributed by atoms with Gasteiger partial charge in [-0.15, -0.1) is 0 Å². The standard InChI is InChI=1S/C17H22N2O5/c1-23-10-14-7-15(19(9-14)16(21)8-18-12-20)17(22)24-11-13-5-3-2-4-6-13/h2-6,12,14-15H,7-11H2,1H3,(H,18,20). The highest BCUT2D eigenvalue weighted by molar-refractivity contribution is 5.87. The van der Waals surface area contributed by atoms with Crippen LogP contribution in [0.3, 0.4) is 0 Å². The summed E-state index contributed by atoms with van der Waals surface area (Å²) in [5, 5.41) is 2.33. The van der Waals surface area contributed by atoms with Gasteiger partial charge in [0.05, 0.1) is 13.2 Å². The van der Waals surface area contributed by atoms with Crippen LogP contribution in [0.15, 0.2) is 30.3 Å². The predicted molar refractivity (Wildman–Crippen MR) is 85.8 cm³/mol. The van der Waals surface area contributed by atoms with E-state index in [9.17, 15) is 14.4 Å². The summed E-state index contributed by atoms with van der Waals surface area (Å²) in [6, 6.07) is 8.72. The van der Waals surface area contributed by atoms with E-state index >= 15 is 0 Å². The molecule has 24 heavy (non-hydrogen) atoms. The van der Waals surface area contributed by atoms with Crippen LogP contribution in [0.5, 0.6) is 0 Å². The number of hydrogen-bond acceptors (Lipinski definition) is 5. The van der Waals surface area contributed by atoms with Crippen molar-refractivity contribution in [2.24, 2.45) is 5.92 Å². The van der Waals surface area contributed by atoms with Crippen LogP contribution in [0, 0.1) is 5.92 Å². The Hall–Kier alpha value is -2.41. The molecule has 7 nitrogen and oxygen atoms in total. The van der Waals surface area contributed by atoms with Crippen molar-refractivity contribution in [1.29, 1.82) is 0 Å². The number of likely N-dealkylation sites (tertiary alicyclic amines) is 1. The number of nitrogens with one attached hydrogen (secondary N) is 1. The van der Waals surface area contributed by atoms with E-state index in [1.165, 1.54) is 4.90 Å². The quantitative estimate of drug-likeness (QED) is 0.547. The summed E-state index contributed by atoms with van der Waals surface area (Å²) in [6.45, 7) is 0.914. The van der Waals surface area contributed by atoms with Gasteiger partial charge in [-0.3, -0.25) is 9.59 Å². The third-order valence-electron chi connectivity index (χ3n) is 3.94. The van der Waals surface area contributed by atoms with E-state index < -0.39 is 12.0 Å². The molecule has 0 aliphatic carbocycles. The maximum atomic E-state index is 12.4. The van der Waals surface area contributed by atoms with E-state index in [0.29, 0.717) is 26.0 Å². The molecule has 0 radical (unpaired) electrons. The van der Waals surface area contributed by atoms with E-state index in [0.717, 1.165) is 5.56 Å². The number of methoxy groups -OCH3 is 1. The van der Waals surface area contributed by atoms with Gasteiger partial charge in [-0.25, -0.2) is 4.79 Å². The molecule has 0 bridgehead atoms. The van der Waals surface area contributed by atoms with E-state index in [4.69, 9.17) is 9.47 Å². The summed E-state index contributed by atoms with van der Waals surface area (Å²) < 4.78 is 10.5. The molecule has 130 valence electrons. The molecule has 0 saturated carbocycles. The number of carbonyl (C=O) groups excluding carboxylic acids is 3. The number of amides is 2. The summed E-state index contributed by atoms with van der Waals surface area (Å²) >= 11 is 0. The number of benzene rings is 1. The van der Waals surface area contributed by atoms with Crippen molar-refractivity contribution in [3.63, 3.8) is 0 Å². The highest BCUT2D eigenvalue weighted by Gasteiger charge is 2.40. The van der Waals surface area contributed by atoms with E-state index in [1.807, 2.05) is 30.3 Å². The molecule has 2 atom stereocenters. The molecule has 2 rings (SSSR count). The smallest absolute Gasteiger partial charge is 0.329 e. The second-order valence-corrected chi connectivity index (χ2v) is 5.71. The van der Waals surface area contributed by atoms with Crippen LogP contribution in [0.25, 0.3) is 0 Å². The van der Waals surface area contributed by atoms with Gasteiger partial charge in [0, 0.05) is 19.6 Å². The Morgan fingerprint density at radius 1 is 1.33 bits per heavy atom. The highest BCUT2D eigenvalue weighted by Crippen LogP contribution is 2.25. The predicted octanol–water partition coefficient (Wildman–Crippen LogP) is 0.339. The fourth-order valence-electron chi connectivity index (χ4n) is 2.83. The van der Waals surface area contributed by atoms with Gasteiger partial charge in [-0.1, -0.05) is 30.3 Å². The van der Waals surface area contributed by atoms with Crippen molar-refractivity contribution in [3.05, 3.63) is 35.9 Å². The molecule has 1 heterocycles. The first-order valence-corrected chi connectivity index (χ1v) is 7.81. The lowest BCUT2D eigenvalue weighted by atomic mass is 10.1. The maximum absolute atomic E-state index is 12.4. The van der Waals surface area contributed by atoms with Gasteiger partial charge < -0.3 is 19.7 Å². The normalized spacial score (nSPS) is 19.8. The lowest BCUT2D eigenvalue weighted by Crippen LogP contribution is -2.45. The minimum absolute atomic E-state index is 0.0736. The number of ether oxygens (including phenoxy) is 2. The number of esters is 1. The average molecular weight is 334 g/mol. The van der Waals surface area contributed by atoms with Crippen LogP contribution in [0.4, 0.5) is 0 Å². The SMILES string of the molecule is COCC1CC(C(=O)OCc2ccccc2)N(C(=O)CNC=O)C1. The van der Waals surface area contributed by atoms with Gasteiger partial charge in [0.2, 0.25) is 12.3 Å². The Balaban J connectivity index is 1.98. The summed E-state index contributed by atoms with van der Waals surface area (Å²) in [7, 11) is 1.58. The first-order chi connectivity index (χ1) is 11.7. The van der Waals surface area contributed by atoms with Crippen LogP contribution in [0.2, 0.25) is 0 Å². The molecular weight excluding hydrogens is 312 g/mol. The molecule has 1 aromatic carbocycles. The topological polar surface area (TPSA) is 84.9 Å². The first kappa shape index (κ1) is 17.9. The van der Waals surface area contributed by atoms with E-state index in [-0.39, 0.29) is 25.0 Å². The van der Waals surface area contributed by atoms with Crippen LogP contribution in [-0.4, -0.2) is 56.0 Å². The molecule has 1 saturated heterocycles. The second-order valence-electron chi connectivity index (χ2n) is 5.71. The summed E-state index contributed by atoms with van der Waals surface area (Å²) in [4.78, 5) is 36.4. The van der Waals surface area contributed by atoms with Crippen LogP contribution in [-0.2, 0) is 30.5 Å². The zero-order valence-electron chi connectivity index (χ0n) is 13.6. The van der Waals surface area contributed by atoms with Gasteiger partial charge in [0.15, 0.2) is 0 Å². The molecular formula is C17H22N2O5. The van der Waals surface area contributed by atoms with Crippen molar-refractivity contribution in [2.45, 2.75) is 19.1 Å². The van der Waals surface area contributed by atoms with Gasteiger partial charge in [0.1, 0.15) is 12.6 Å². The number of hydrogen-bond donors (Lipinski definition) is 1. The Bertz CT molecular complexity index is 563. The van der Waals surface area contributed by atoms with Crippen molar-refractivity contribution in [3.8, 4) is 0 Å². The third kappa shape index (κ3) is 4.79. The molecule has 1 fully saturated rings. The molecule has 7 heteroatoms. The Labute approximate surface area is 140 Å². The van der Waals surface area contributed by atoms with Gasteiger partial charge in [0.25, 0.3) is 0 Å². The number of carbonyl (C=O) groups is 3. The Morgan fingerprint density at radius 3 is 2.75 bits per heavy atom. The Morgan fingerprint density at radius 2 is 2.08 bits per heavy atom. The minimum atomic E-state index is -0.644. The van der Waals surface area contributed by atoms with E-state index in [2.05, 4.69) is 5.32 Å².